The van der Waals surface area contributed by atoms with Crippen LogP contribution in [0.2, 0.25) is 5.15 Å². The Hall–Kier alpha value is -1.37. The van der Waals surface area contributed by atoms with Crippen molar-refractivity contribution in [2.24, 2.45) is 0 Å². The number of benzene rings is 1. The molecule has 0 radical (unpaired) electrons. The third-order valence-electron chi connectivity index (χ3n) is 2.97. The quantitative estimate of drug-likeness (QED) is 0.608. The van der Waals surface area contributed by atoms with Crippen LogP contribution >= 0.6 is 38.9 Å². The molecule has 0 unspecified atom stereocenters. The van der Waals surface area contributed by atoms with Gasteiger partial charge in [0.1, 0.15) is 21.5 Å². The first-order chi connectivity index (χ1) is 10.1. The molecule has 3 rings (SSSR count). The van der Waals surface area contributed by atoms with E-state index in [4.69, 9.17) is 21.1 Å². The lowest BCUT2D eigenvalue weighted by Gasteiger charge is -2.08. The molecule has 0 N–H and O–H groups in total. The number of hydrogen-bond donors (Lipinski definition) is 0. The molecular weight excluding hydrogens is 376 g/mol. The molecule has 108 valence electrons. The topological polar surface area (TPSA) is 44.2 Å². The van der Waals surface area contributed by atoms with Gasteiger partial charge in [-0.1, -0.05) is 11.6 Å². The van der Waals surface area contributed by atoms with Crippen LogP contribution in [0.1, 0.15) is 0 Å². The largest absolute Gasteiger partial charge is 0.497 e. The van der Waals surface area contributed by atoms with Gasteiger partial charge in [0.05, 0.1) is 25.1 Å². The molecule has 2 heterocycles. The molecule has 0 saturated heterocycles. The lowest BCUT2D eigenvalue weighted by atomic mass is 10.2. The van der Waals surface area contributed by atoms with Crippen LogP contribution in [-0.4, -0.2) is 24.2 Å². The number of thiophene rings is 1. The summed E-state index contributed by atoms with van der Waals surface area (Å²) >= 11 is 11.3. The van der Waals surface area contributed by atoms with Crippen molar-refractivity contribution in [2.75, 3.05) is 14.2 Å². The predicted octanol–water partition coefficient (Wildman–Crippen LogP) is 4.79. The Balaban J connectivity index is 2.27. The lowest BCUT2D eigenvalue weighted by molar-refractivity contribution is 0.415. The van der Waals surface area contributed by atoms with Gasteiger partial charge in [-0.25, -0.2) is 9.97 Å². The molecule has 7 heteroatoms. The maximum atomic E-state index is 6.32. The molecule has 0 amide bonds. The summed E-state index contributed by atoms with van der Waals surface area (Å²) in [6, 6.07) is 5.54. The predicted molar refractivity (Wildman–Crippen MR) is 88.7 cm³/mol. The zero-order chi connectivity index (χ0) is 15.0. The summed E-state index contributed by atoms with van der Waals surface area (Å²) < 4.78 is 11.4. The molecule has 0 aliphatic heterocycles. The van der Waals surface area contributed by atoms with Crippen molar-refractivity contribution in [3.8, 4) is 22.2 Å². The number of hydrogen-bond acceptors (Lipinski definition) is 5. The summed E-state index contributed by atoms with van der Waals surface area (Å²) in [4.78, 5) is 9.81. The van der Waals surface area contributed by atoms with Gasteiger partial charge in [0.15, 0.2) is 5.82 Å². The molecule has 0 aliphatic carbocycles. The summed E-state index contributed by atoms with van der Waals surface area (Å²) in [5.41, 5.74) is 0.715. The molecule has 3 aromatic rings. The number of ether oxygens (including phenoxy) is 2. The smallest absolute Gasteiger partial charge is 0.175 e. The van der Waals surface area contributed by atoms with E-state index >= 15 is 0 Å². The van der Waals surface area contributed by atoms with Gasteiger partial charge in [0.2, 0.25) is 0 Å². The van der Waals surface area contributed by atoms with Crippen LogP contribution in [0.25, 0.3) is 21.6 Å². The summed E-state index contributed by atoms with van der Waals surface area (Å²) in [5.74, 6) is 1.98. The SMILES string of the molecule is COc1cc(Br)c2c(Cl)nc(-c3sccc3OC)nc2c1. The van der Waals surface area contributed by atoms with Gasteiger partial charge in [0.25, 0.3) is 0 Å². The maximum absolute atomic E-state index is 6.32. The molecule has 1 aromatic carbocycles. The van der Waals surface area contributed by atoms with Crippen LogP contribution < -0.4 is 9.47 Å². The Kier molecular flexibility index (Phi) is 4.01. The van der Waals surface area contributed by atoms with Crippen LogP contribution in [0.5, 0.6) is 11.5 Å². The second-order valence-corrected chi connectivity index (χ2v) is 6.29. The summed E-state index contributed by atoms with van der Waals surface area (Å²) in [7, 11) is 3.23. The van der Waals surface area contributed by atoms with Crippen molar-refractivity contribution in [1.29, 1.82) is 0 Å². The standard InChI is InChI=1S/C14H10BrClN2O2S/c1-19-7-5-8(15)11-9(6-7)17-14(18-13(11)16)12-10(20-2)3-4-21-12/h3-6H,1-2H3. The highest BCUT2D eigenvalue weighted by atomic mass is 79.9. The Morgan fingerprint density at radius 3 is 2.71 bits per heavy atom. The molecule has 0 bridgehead atoms. The van der Waals surface area contributed by atoms with Crippen LogP contribution in [0.4, 0.5) is 0 Å². The van der Waals surface area contributed by atoms with Gasteiger partial charge in [-0.15, -0.1) is 11.3 Å². The molecular formula is C14H10BrClN2O2S. The highest BCUT2D eigenvalue weighted by molar-refractivity contribution is 9.10. The zero-order valence-electron chi connectivity index (χ0n) is 11.2. The van der Waals surface area contributed by atoms with Gasteiger partial charge >= 0.3 is 0 Å². The number of nitrogens with zero attached hydrogens (tertiary/aromatic N) is 2. The van der Waals surface area contributed by atoms with Gasteiger partial charge in [0, 0.05) is 10.5 Å². The average molecular weight is 386 g/mol. The summed E-state index contributed by atoms with van der Waals surface area (Å²) in [6.45, 7) is 0. The third-order valence-corrected chi connectivity index (χ3v) is 4.76. The number of rotatable bonds is 3. The minimum atomic E-state index is 0.389. The van der Waals surface area contributed by atoms with E-state index in [0.717, 1.165) is 20.5 Å². The number of aromatic nitrogens is 2. The molecule has 4 nitrogen and oxygen atoms in total. The molecule has 21 heavy (non-hydrogen) atoms. The molecule has 0 spiro atoms. The molecule has 2 aromatic heterocycles. The van der Waals surface area contributed by atoms with E-state index in [0.29, 0.717) is 22.2 Å². The molecule has 0 saturated carbocycles. The van der Waals surface area contributed by atoms with Crippen molar-refractivity contribution in [1.82, 2.24) is 9.97 Å². The lowest BCUT2D eigenvalue weighted by Crippen LogP contribution is -1.94. The van der Waals surface area contributed by atoms with E-state index in [9.17, 15) is 0 Å². The molecule has 0 fully saturated rings. The Labute approximate surface area is 138 Å². The van der Waals surface area contributed by atoms with Gasteiger partial charge in [-0.3, -0.25) is 0 Å². The second-order valence-electron chi connectivity index (χ2n) is 4.16. The summed E-state index contributed by atoms with van der Waals surface area (Å²) in [5, 5.41) is 3.08. The summed E-state index contributed by atoms with van der Waals surface area (Å²) in [6.07, 6.45) is 0. The zero-order valence-corrected chi connectivity index (χ0v) is 14.3. The maximum Gasteiger partial charge on any atom is 0.175 e. The van der Waals surface area contributed by atoms with Crippen molar-refractivity contribution in [2.45, 2.75) is 0 Å². The van der Waals surface area contributed by atoms with E-state index in [1.807, 2.05) is 23.6 Å². The van der Waals surface area contributed by atoms with E-state index in [1.54, 1.807) is 14.2 Å². The Morgan fingerprint density at radius 2 is 2.00 bits per heavy atom. The van der Waals surface area contributed by atoms with Crippen molar-refractivity contribution in [3.05, 3.63) is 33.2 Å². The fourth-order valence-corrected chi connectivity index (χ4v) is 3.79. The Morgan fingerprint density at radius 1 is 1.19 bits per heavy atom. The van der Waals surface area contributed by atoms with Crippen LogP contribution in [0.3, 0.4) is 0 Å². The minimum Gasteiger partial charge on any atom is -0.497 e. The number of methoxy groups -OCH3 is 2. The van der Waals surface area contributed by atoms with Crippen molar-refractivity contribution >= 4 is 49.8 Å². The monoisotopic (exact) mass is 384 g/mol. The first kappa shape index (κ1) is 14.6. The van der Waals surface area contributed by atoms with Gasteiger partial charge in [-0.05, 0) is 33.4 Å². The molecule has 0 atom stereocenters. The highest BCUT2D eigenvalue weighted by Gasteiger charge is 2.16. The Bertz CT molecular complexity index is 822. The fourth-order valence-electron chi connectivity index (χ4n) is 1.99. The van der Waals surface area contributed by atoms with E-state index in [2.05, 4.69) is 25.9 Å². The van der Waals surface area contributed by atoms with Crippen molar-refractivity contribution < 1.29 is 9.47 Å². The van der Waals surface area contributed by atoms with Gasteiger partial charge in [-0.2, -0.15) is 0 Å². The second kappa shape index (κ2) is 5.79. The number of halogens is 2. The van der Waals surface area contributed by atoms with E-state index in [1.165, 1.54) is 11.3 Å². The van der Waals surface area contributed by atoms with E-state index < -0.39 is 0 Å². The third kappa shape index (κ3) is 2.59. The van der Waals surface area contributed by atoms with Crippen LogP contribution in [0.15, 0.2) is 28.1 Å². The van der Waals surface area contributed by atoms with E-state index in [-0.39, 0.29) is 0 Å². The highest BCUT2D eigenvalue weighted by Crippen LogP contribution is 2.38. The van der Waals surface area contributed by atoms with Crippen LogP contribution in [-0.2, 0) is 0 Å². The van der Waals surface area contributed by atoms with Crippen molar-refractivity contribution in [3.63, 3.8) is 0 Å². The number of fused-ring (bicyclic) bond motifs is 1. The fraction of sp³-hybridized carbons (Fsp3) is 0.143. The first-order valence-corrected chi connectivity index (χ1v) is 8.01. The van der Waals surface area contributed by atoms with Gasteiger partial charge < -0.3 is 9.47 Å². The molecule has 0 aliphatic rings. The first-order valence-electron chi connectivity index (χ1n) is 5.96. The average Bonchev–Trinajstić information content (AvgIpc) is 2.94. The van der Waals surface area contributed by atoms with Crippen LogP contribution in [0, 0.1) is 0 Å². The normalized spacial score (nSPS) is 10.9. The minimum absolute atomic E-state index is 0.389.